The van der Waals surface area contributed by atoms with Crippen molar-refractivity contribution in [3.8, 4) is 0 Å². The summed E-state index contributed by atoms with van der Waals surface area (Å²) in [5.74, 6) is -1.65. The second kappa shape index (κ2) is 25.5. The van der Waals surface area contributed by atoms with Crippen molar-refractivity contribution in [2.75, 3.05) is 17.6 Å². The van der Waals surface area contributed by atoms with Crippen LogP contribution in [0.15, 0.2) is 273 Å². The Morgan fingerprint density at radius 3 is 1.61 bits per heavy atom. The van der Waals surface area contributed by atoms with Gasteiger partial charge in [0.2, 0.25) is 16.9 Å². The van der Waals surface area contributed by atoms with Gasteiger partial charge in [0.1, 0.15) is 31.7 Å². The highest BCUT2D eigenvalue weighted by Crippen LogP contribution is 2.51. The van der Waals surface area contributed by atoms with Crippen molar-refractivity contribution >= 4 is 123 Å². The van der Waals surface area contributed by atoms with Gasteiger partial charge in [-0.3, -0.25) is 19.2 Å². The summed E-state index contributed by atoms with van der Waals surface area (Å²) in [6, 6.07) is 78.9. The second-order valence-electron chi connectivity index (χ2n) is 20.9. The molecule has 3 aromatic heterocycles. The number of anilines is 1. The first-order valence-corrected chi connectivity index (χ1v) is 33.6. The number of thiazole rings is 1. The summed E-state index contributed by atoms with van der Waals surface area (Å²) >= 11 is 17.5. The maximum atomic E-state index is 15.7. The summed E-state index contributed by atoms with van der Waals surface area (Å²) in [7, 11) is 0. The van der Waals surface area contributed by atoms with Crippen molar-refractivity contribution in [3.63, 3.8) is 0 Å². The van der Waals surface area contributed by atoms with E-state index < -0.39 is 51.2 Å². The van der Waals surface area contributed by atoms with Gasteiger partial charge in [0.05, 0.1) is 18.1 Å². The molecule has 2 N–H and O–H groups in total. The molecule has 0 spiro atoms. The van der Waals surface area contributed by atoms with Gasteiger partial charge in [0, 0.05) is 29.0 Å². The predicted octanol–water partition coefficient (Wildman–Crippen LogP) is 15.6. The van der Waals surface area contributed by atoms with E-state index in [2.05, 4.69) is 63.0 Å². The quantitative estimate of drug-likeness (QED) is 0.0264. The van der Waals surface area contributed by atoms with Gasteiger partial charge in [-0.25, -0.2) is 4.98 Å². The minimum absolute atomic E-state index is 0.00877. The molecule has 3 atom stereocenters. The predicted molar refractivity (Wildman–Crippen MR) is 360 cm³/mol. The van der Waals surface area contributed by atoms with E-state index in [0.717, 1.165) is 60.5 Å². The van der Waals surface area contributed by atoms with Crippen molar-refractivity contribution < 1.29 is 24.0 Å². The maximum Gasteiger partial charge on any atom is 0.326 e. The number of nitrogens with zero attached hydrogens (tertiary/aromatic N) is 3. The van der Waals surface area contributed by atoms with E-state index in [0.29, 0.717) is 18.5 Å². The van der Waals surface area contributed by atoms with E-state index in [9.17, 15) is 4.79 Å². The van der Waals surface area contributed by atoms with E-state index >= 15 is 14.4 Å². The molecule has 0 radical (unpaired) electrons. The maximum absolute atomic E-state index is 15.7. The topological polar surface area (TPSA) is 139 Å². The zero-order valence-electron chi connectivity index (χ0n) is 46.5. The number of esters is 1. The third-order valence-corrected chi connectivity index (χ3v) is 23.5. The smallest absolute Gasteiger partial charge is 0.326 e. The molecule has 18 heteroatoms. The summed E-state index contributed by atoms with van der Waals surface area (Å²) in [5.41, 5.74) is 3.52. The Kier molecular flexibility index (Phi) is 17.1. The Bertz CT molecular complexity index is 4150. The first-order chi connectivity index (χ1) is 43.1. The van der Waals surface area contributed by atoms with E-state index in [1.54, 1.807) is 4.90 Å². The van der Waals surface area contributed by atoms with Crippen LogP contribution in [0.3, 0.4) is 0 Å². The molecular formula is C70H51BrClN5O6S5. The van der Waals surface area contributed by atoms with Crippen molar-refractivity contribution in [1.29, 1.82) is 0 Å². The number of amides is 2. The number of carbonyl (C=O) groups excluding carboxylic acids is 3. The van der Waals surface area contributed by atoms with E-state index in [-0.39, 0.29) is 33.5 Å². The lowest BCUT2D eigenvalue weighted by molar-refractivity contribution is -0.155. The summed E-state index contributed by atoms with van der Waals surface area (Å²) in [6.45, 7) is -0.0958. The lowest BCUT2D eigenvalue weighted by Gasteiger charge is -2.53. The van der Waals surface area contributed by atoms with Crippen LogP contribution in [0.25, 0.3) is 9.40 Å². The molecule has 11 nitrogen and oxygen atoms in total. The Morgan fingerprint density at radius 2 is 1.12 bits per heavy atom. The Morgan fingerprint density at radius 1 is 0.659 bits per heavy atom. The van der Waals surface area contributed by atoms with Crippen molar-refractivity contribution in [1.82, 2.24) is 15.2 Å². The van der Waals surface area contributed by atoms with Gasteiger partial charge in [-0.15, -0.1) is 34.4 Å². The number of carbonyl (C=O) groups is 3. The number of hydrogen-bond donors (Lipinski definition) is 2. The van der Waals surface area contributed by atoms with Gasteiger partial charge >= 0.3 is 5.97 Å². The molecule has 436 valence electrons. The van der Waals surface area contributed by atoms with Crippen LogP contribution in [-0.4, -0.2) is 61.8 Å². The van der Waals surface area contributed by atoms with E-state index in [1.807, 2.05) is 218 Å². The summed E-state index contributed by atoms with van der Waals surface area (Å²) in [6.07, 6.45) is -0.792. The van der Waals surface area contributed by atoms with Gasteiger partial charge in [0.15, 0.2) is 16.9 Å². The number of nitrogens with one attached hydrogen (secondary N) is 2. The fourth-order valence-electron chi connectivity index (χ4n) is 11.3. The van der Waals surface area contributed by atoms with Crippen LogP contribution in [0.4, 0.5) is 5.13 Å². The molecule has 2 aliphatic rings. The summed E-state index contributed by atoms with van der Waals surface area (Å²) in [5, 5.41) is 13.4. The number of aromatic nitrogens is 1. The van der Waals surface area contributed by atoms with Crippen LogP contribution < -0.4 is 16.1 Å². The number of rotatable bonds is 19. The normalized spacial score (nSPS) is 16.8. The molecule has 5 heterocycles. The fraction of sp³-hybridized carbons (Fsp3) is 0.114. The highest BCUT2D eigenvalue weighted by Gasteiger charge is 2.59. The molecule has 0 saturated carbocycles. The first kappa shape index (κ1) is 58.9. The summed E-state index contributed by atoms with van der Waals surface area (Å²) in [4.78, 5) is 73.8. The number of oxime groups is 1. The Labute approximate surface area is 541 Å². The van der Waals surface area contributed by atoms with Crippen LogP contribution >= 0.6 is 85.1 Å². The highest BCUT2D eigenvalue weighted by atomic mass is 79.9. The molecular weight excluding hydrogens is 1280 g/mol. The van der Waals surface area contributed by atoms with Crippen molar-refractivity contribution in [3.05, 3.63) is 323 Å². The molecule has 2 amide bonds. The van der Waals surface area contributed by atoms with Crippen LogP contribution in [-0.2, 0) is 35.1 Å². The summed E-state index contributed by atoms with van der Waals surface area (Å²) < 4.78 is 7.62. The monoisotopic (exact) mass is 1330 g/mol. The molecule has 2 unspecified atom stereocenters. The van der Waals surface area contributed by atoms with Crippen molar-refractivity contribution in [2.45, 2.75) is 37.6 Å². The van der Waals surface area contributed by atoms with E-state index in [4.69, 9.17) is 31.3 Å². The molecule has 2 fully saturated rings. The number of fused-ring (bicyclic) bond motifs is 2. The highest BCUT2D eigenvalue weighted by molar-refractivity contribution is 9.10. The Hall–Kier alpha value is -8.13. The number of benzene rings is 8. The molecule has 8 aromatic carbocycles. The second-order valence-corrected chi connectivity index (χ2v) is 28.0. The van der Waals surface area contributed by atoms with Gasteiger partial charge in [-0.2, -0.15) is 0 Å². The molecule has 88 heavy (non-hydrogen) atoms. The van der Waals surface area contributed by atoms with Gasteiger partial charge < -0.3 is 25.1 Å². The molecule has 0 bridgehead atoms. The number of halogens is 2. The van der Waals surface area contributed by atoms with Crippen LogP contribution in [0.2, 0.25) is 4.34 Å². The number of thiophene rings is 1. The number of hydrogen-bond acceptors (Lipinski definition) is 14. The lowest BCUT2D eigenvalue weighted by Crippen LogP contribution is -2.75. The number of β-lactam (4-membered cyclic amide) rings is 1. The van der Waals surface area contributed by atoms with Crippen LogP contribution in [0.5, 0.6) is 0 Å². The zero-order valence-corrected chi connectivity index (χ0v) is 52.9. The minimum atomic E-state index is -1.43. The number of ether oxygens (including phenoxy) is 1. The van der Waals surface area contributed by atoms with Crippen LogP contribution in [0.1, 0.15) is 56.3 Å². The zero-order chi connectivity index (χ0) is 60.2. The molecule has 13 rings (SSSR count). The first-order valence-electron chi connectivity index (χ1n) is 28.0. The van der Waals surface area contributed by atoms with Gasteiger partial charge in [-0.05, 0) is 55.2 Å². The third kappa shape index (κ3) is 11.2. The van der Waals surface area contributed by atoms with Crippen molar-refractivity contribution in [2.24, 2.45) is 5.16 Å². The van der Waals surface area contributed by atoms with Gasteiger partial charge in [-0.1, -0.05) is 283 Å². The average molecular weight is 1330 g/mol. The Balaban J connectivity index is 0.885. The van der Waals surface area contributed by atoms with Gasteiger partial charge in [0.25, 0.3) is 5.91 Å². The fourth-order valence-corrected chi connectivity index (χ4v) is 18.7. The largest absolute Gasteiger partial charge is 0.451 e. The standard InChI is InChI=1S/C70H51BrClN5O6S5/c71-54-58(78)60-53(41-42-84-60)86-65(54)88-68(66(81)82-59(45-25-9-1-10-26-45)46-27-11-2-12-28-46)43-77-63(80)57(64(77)85-44-68)73-62(79)56(76-83-70(50-35-19-6-20-36-50,51-37-21-7-22-38-51)52-39-23-8-24-40-52)55-61(72)87-67(74-55)75-69(47-29-13-3-14-30-47,48-31-15-4-16-32-48)49-33-17-5-18-34-49/h1-42,57,59,64H,43-44H2,(H,73,79)(H,74,75)/t57?,64-,68?/m1/s1. The molecule has 2 saturated heterocycles. The SMILES string of the molecule is O=C(NC1C(=O)N2CC(Sc3sc4ccsc4c(=O)c3Br)(C(=O)OC(c3ccccc3)c3ccccc3)CS[C@H]12)C(=NOC(c1ccccc1)(c1ccccc1)c1ccccc1)c1nc(NC(c2ccccc2)(c2ccccc2)c2ccccc2)sc1Cl. The number of thioether (sulfide) groups is 2. The molecule has 0 aliphatic carbocycles. The minimum Gasteiger partial charge on any atom is -0.451 e. The molecule has 11 aromatic rings. The lowest BCUT2D eigenvalue weighted by atomic mass is 9.77. The van der Waals surface area contributed by atoms with E-state index in [1.165, 1.54) is 46.2 Å². The average Bonchev–Trinajstić information content (AvgIpc) is 1.24. The molecule has 2 aliphatic heterocycles. The third-order valence-electron chi connectivity index (χ3n) is 15.6. The van der Waals surface area contributed by atoms with Crippen LogP contribution in [0, 0.1) is 0 Å².